The lowest BCUT2D eigenvalue weighted by molar-refractivity contribution is -0.113. The molecule has 2 aromatic heterocycles. The molecule has 1 N–H and O–H groups in total. The fourth-order valence-corrected chi connectivity index (χ4v) is 3.46. The van der Waals surface area contributed by atoms with Gasteiger partial charge in [-0.15, -0.1) is 16.8 Å². The fraction of sp³-hybridized carbons (Fsp3) is 0.111. The van der Waals surface area contributed by atoms with Crippen molar-refractivity contribution < 1.29 is 4.79 Å². The van der Waals surface area contributed by atoms with Crippen LogP contribution in [0.5, 0.6) is 0 Å². The quantitative estimate of drug-likeness (QED) is 0.345. The molecule has 0 fully saturated rings. The van der Waals surface area contributed by atoms with Gasteiger partial charge in [0.15, 0.2) is 16.1 Å². The number of pyridine rings is 1. The zero-order valence-electron chi connectivity index (χ0n) is 14.1. The normalized spacial score (nSPS) is 10.6. The molecule has 0 aliphatic carbocycles. The Kier molecular flexibility index (Phi) is 6.49. The molecule has 0 bridgehead atoms. The lowest BCUT2D eigenvalue weighted by Gasteiger charge is -2.09. The van der Waals surface area contributed by atoms with Crippen molar-refractivity contribution in [3.63, 3.8) is 0 Å². The van der Waals surface area contributed by atoms with Crippen molar-refractivity contribution in [2.45, 2.75) is 11.7 Å². The Morgan fingerprint density at radius 2 is 2.04 bits per heavy atom. The van der Waals surface area contributed by atoms with E-state index in [2.05, 4.69) is 27.1 Å². The van der Waals surface area contributed by atoms with Gasteiger partial charge in [0.05, 0.1) is 16.5 Å². The lowest BCUT2D eigenvalue weighted by atomic mass is 10.2. The molecular weight excluding hydrogens is 405 g/mol. The molecule has 1 amide bonds. The molecule has 9 heteroatoms. The van der Waals surface area contributed by atoms with Crippen LogP contribution < -0.4 is 5.32 Å². The van der Waals surface area contributed by atoms with E-state index < -0.39 is 0 Å². The average Bonchev–Trinajstić information content (AvgIpc) is 3.05. The van der Waals surface area contributed by atoms with E-state index in [0.717, 1.165) is 5.56 Å². The summed E-state index contributed by atoms with van der Waals surface area (Å²) in [5.74, 6) is 0.546. The first-order valence-electron chi connectivity index (χ1n) is 7.92. The number of carbonyl (C=O) groups is 1. The standard InChI is InChI=1S/C18H15Cl2N5OS/c1-2-10-25-17(12-6-3-4-7-13(12)19)23-24-18(25)27-11-15(26)22-14-8-5-9-21-16(14)20/h2-9H,1,10-11H2,(H,22,26). The Morgan fingerprint density at radius 3 is 2.78 bits per heavy atom. The van der Waals surface area contributed by atoms with Crippen LogP contribution in [-0.2, 0) is 11.3 Å². The number of hydrogen-bond donors (Lipinski definition) is 1. The molecule has 0 saturated carbocycles. The number of nitrogens with one attached hydrogen (secondary N) is 1. The van der Waals surface area contributed by atoms with E-state index in [-0.39, 0.29) is 16.8 Å². The highest BCUT2D eigenvalue weighted by atomic mass is 35.5. The van der Waals surface area contributed by atoms with E-state index in [9.17, 15) is 4.79 Å². The first kappa shape index (κ1) is 19.4. The van der Waals surface area contributed by atoms with Crippen molar-refractivity contribution in [1.29, 1.82) is 0 Å². The third-order valence-corrected chi connectivity index (χ3v) is 5.11. The zero-order chi connectivity index (χ0) is 19.2. The number of rotatable bonds is 7. The molecule has 0 aliphatic heterocycles. The highest BCUT2D eigenvalue weighted by Crippen LogP contribution is 2.29. The Hall–Kier alpha value is -2.35. The number of benzene rings is 1. The summed E-state index contributed by atoms with van der Waals surface area (Å²) in [6.07, 6.45) is 3.30. The van der Waals surface area contributed by atoms with Crippen molar-refractivity contribution >= 4 is 46.6 Å². The lowest BCUT2D eigenvalue weighted by Crippen LogP contribution is -2.15. The largest absolute Gasteiger partial charge is 0.323 e. The van der Waals surface area contributed by atoms with Gasteiger partial charge in [-0.05, 0) is 24.3 Å². The van der Waals surface area contributed by atoms with E-state index >= 15 is 0 Å². The van der Waals surface area contributed by atoms with Gasteiger partial charge in [0.1, 0.15) is 0 Å². The number of allylic oxidation sites excluding steroid dienone is 1. The number of amides is 1. The van der Waals surface area contributed by atoms with Gasteiger partial charge in [-0.25, -0.2) is 4.98 Å². The van der Waals surface area contributed by atoms with E-state index in [4.69, 9.17) is 23.2 Å². The Labute approximate surface area is 170 Å². The molecule has 0 unspecified atom stereocenters. The highest BCUT2D eigenvalue weighted by Gasteiger charge is 2.17. The van der Waals surface area contributed by atoms with Crippen LogP contribution in [0.1, 0.15) is 0 Å². The van der Waals surface area contributed by atoms with Gasteiger partial charge in [0, 0.05) is 18.3 Å². The van der Waals surface area contributed by atoms with Crippen LogP contribution in [0.2, 0.25) is 10.2 Å². The van der Waals surface area contributed by atoms with Crippen molar-refractivity contribution in [3.8, 4) is 11.4 Å². The van der Waals surface area contributed by atoms with Gasteiger partial charge in [-0.2, -0.15) is 0 Å². The van der Waals surface area contributed by atoms with Crippen LogP contribution in [0.15, 0.2) is 60.4 Å². The smallest absolute Gasteiger partial charge is 0.234 e. The second-order valence-corrected chi connectivity index (χ2v) is 7.07. The average molecular weight is 420 g/mol. The predicted octanol–water partition coefficient (Wildman–Crippen LogP) is 4.56. The number of halogens is 2. The monoisotopic (exact) mass is 419 g/mol. The van der Waals surface area contributed by atoms with E-state index in [1.165, 1.54) is 11.8 Å². The number of thioether (sulfide) groups is 1. The first-order valence-corrected chi connectivity index (χ1v) is 9.66. The van der Waals surface area contributed by atoms with E-state index in [1.54, 1.807) is 30.5 Å². The summed E-state index contributed by atoms with van der Waals surface area (Å²) >= 11 is 13.5. The van der Waals surface area contributed by atoms with Crippen LogP contribution in [0.4, 0.5) is 5.69 Å². The minimum atomic E-state index is -0.220. The highest BCUT2D eigenvalue weighted by molar-refractivity contribution is 7.99. The Bertz CT molecular complexity index is 976. The maximum Gasteiger partial charge on any atom is 0.234 e. The van der Waals surface area contributed by atoms with Gasteiger partial charge >= 0.3 is 0 Å². The number of aromatic nitrogens is 4. The second-order valence-electron chi connectivity index (χ2n) is 5.36. The Balaban J connectivity index is 1.75. The van der Waals surface area contributed by atoms with Crippen LogP contribution in [0, 0.1) is 0 Å². The number of carbonyl (C=O) groups excluding carboxylic acids is 1. The molecule has 0 spiro atoms. The van der Waals surface area contributed by atoms with Gasteiger partial charge in [0.2, 0.25) is 5.91 Å². The second kappa shape index (κ2) is 9.03. The molecule has 0 radical (unpaired) electrons. The van der Waals surface area contributed by atoms with Crippen molar-refractivity contribution in [2.75, 3.05) is 11.1 Å². The van der Waals surface area contributed by atoms with E-state index in [1.807, 2.05) is 22.8 Å². The summed E-state index contributed by atoms with van der Waals surface area (Å²) in [5.41, 5.74) is 1.24. The predicted molar refractivity (Wildman–Crippen MR) is 109 cm³/mol. The minimum Gasteiger partial charge on any atom is -0.323 e. The van der Waals surface area contributed by atoms with Crippen LogP contribution in [0.25, 0.3) is 11.4 Å². The molecule has 3 aromatic rings. The molecule has 138 valence electrons. The molecule has 6 nitrogen and oxygen atoms in total. The van der Waals surface area contributed by atoms with Crippen molar-refractivity contribution in [2.24, 2.45) is 0 Å². The molecule has 0 aliphatic rings. The SMILES string of the molecule is C=CCn1c(SCC(=O)Nc2cccnc2Cl)nnc1-c1ccccc1Cl. The van der Waals surface area contributed by atoms with Gasteiger partial charge in [-0.1, -0.05) is 53.2 Å². The third-order valence-electron chi connectivity index (χ3n) is 3.51. The summed E-state index contributed by atoms with van der Waals surface area (Å²) < 4.78 is 1.86. The number of hydrogen-bond acceptors (Lipinski definition) is 5. The van der Waals surface area contributed by atoms with Crippen LogP contribution >= 0.6 is 35.0 Å². The maximum atomic E-state index is 12.2. The fourth-order valence-electron chi connectivity index (χ4n) is 2.33. The van der Waals surface area contributed by atoms with Crippen LogP contribution in [0.3, 0.4) is 0 Å². The Morgan fingerprint density at radius 1 is 1.22 bits per heavy atom. The third kappa shape index (κ3) is 4.68. The molecule has 0 saturated heterocycles. The summed E-state index contributed by atoms with van der Waals surface area (Å²) in [4.78, 5) is 16.1. The molecule has 1 aromatic carbocycles. The number of nitrogens with zero attached hydrogens (tertiary/aromatic N) is 4. The van der Waals surface area contributed by atoms with E-state index in [0.29, 0.717) is 28.2 Å². The van der Waals surface area contributed by atoms with Crippen LogP contribution in [-0.4, -0.2) is 31.4 Å². The van der Waals surface area contributed by atoms with Gasteiger partial charge in [0.25, 0.3) is 0 Å². The van der Waals surface area contributed by atoms with Crippen molar-refractivity contribution in [3.05, 3.63) is 65.4 Å². The molecule has 0 atom stereocenters. The minimum absolute atomic E-state index is 0.142. The topological polar surface area (TPSA) is 72.7 Å². The van der Waals surface area contributed by atoms with Gasteiger partial charge in [-0.3, -0.25) is 9.36 Å². The first-order chi connectivity index (χ1) is 13.1. The van der Waals surface area contributed by atoms with Gasteiger partial charge < -0.3 is 5.32 Å². The summed E-state index contributed by atoms with van der Waals surface area (Å²) in [7, 11) is 0. The summed E-state index contributed by atoms with van der Waals surface area (Å²) in [6, 6.07) is 10.8. The summed E-state index contributed by atoms with van der Waals surface area (Å²) in [6.45, 7) is 4.27. The number of anilines is 1. The molecule has 27 heavy (non-hydrogen) atoms. The molecule has 2 heterocycles. The zero-order valence-corrected chi connectivity index (χ0v) is 16.4. The maximum absolute atomic E-state index is 12.2. The van der Waals surface area contributed by atoms with Crippen molar-refractivity contribution in [1.82, 2.24) is 19.7 Å². The summed E-state index contributed by atoms with van der Waals surface area (Å²) in [5, 5.41) is 12.6. The molecular formula is C18H15Cl2N5OS. The molecule has 3 rings (SSSR count).